The number of hydrogen-bond donors (Lipinski definition) is 1. The third-order valence-electron chi connectivity index (χ3n) is 7.40. The average Bonchev–Trinajstić information content (AvgIpc) is 2.85. The number of benzene rings is 3. The van der Waals surface area contributed by atoms with Crippen LogP contribution in [0, 0.1) is 0 Å². The van der Waals surface area contributed by atoms with Crippen molar-refractivity contribution in [3.63, 3.8) is 0 Å². The van der Waals surface area contributed by atoms with Crippen LogP contribution in [0.2, 0.25) is 0 Å². The number of anilines is 1. The van der Waals surface area contributed by atoms with Crippen LogP contribution in [0.15, 0.2) is 72.9 Å². The van der Waals surface area contributed by atoms with Crippen molar-refractivity contribution in [2.24, 2.45) is 0 Å². The molecule has 1 spiro atoms. The minimum Gasteiger partial charge on any atom is -0.357 e. The molecule has 4 nitrogen and oxygen atoms in total. The van der Waals surface area contributed by atoms with Crippen LogP contribution in [0.25, 0.3) is 22.0 Å². The molecule has 160 valence electrons. The van der Waals surface area contributed by atoms with Crippen molar-refractivity contribution in [1.29, 1.82) is 0 Å². The van der Waals surface area contributed by atoms with Gasteiger partial charge in [-0.05, 0) is 65.9 Å². The highest BCUT2D eigenvalue weighted by atomic mass is 15.1. The highest BCUT2D eigenvalue weighted by Gasteiger charge is 2.41. The standard InChI is InChI=1S/C28H28N4/c1-29-27-30-18-23-17-28(25-9-5-4-8-24(25)26(23)31-27)12-14-32(15-13-28)19-20-10-11-21-6-2-3-7-22(21)16-20/h2-11,16,18H,12-15,17,19H2,1H3,(H,29,30,31). The summed E-state index contributed by atoms with van der Waals surface area (Å²) in [6, 6.07) is 24.4. The maximum atomic E-state index is 4.81. The Morgan fingerprint density at radius 2 is 1.72 bits per heavy atom. The number of hydrogen-bond acceptors (Lipinski definition) is 4. The van der Waals surface area contributed by atoms with Gasteiger partial charge in [-0.25, -0.2) is 9.97 Å². The molecule has 1 N–H and O–H groups in total. The van der Waals surface area contributed by atoms with Gasteiger partial charge in [0.05, 0.1) is 5.69 Å². The molecule has 0 atom stereocenters. The number of likely N-dealkylation sites (tertiary alicyclic amines) is 1. The van der Waals surface area contributed by atoms with E-state index in [0.29, 0.717) is 5.95 Å². The summed E-state index contributed by atoms with van der Waals surface area (Å²) >= 11 is 0. The van der Waals surface area contributed by atoms with E-state index in [2.05, 4.69) is 81.9 Å². The zero-order valence-electron chi connectivity index (χ0n) is 18.5. The number of fused-ring (bicyclic) bond motifs is 5. The lowest BCUT2D eigenvalue weighted by Gasteiger charge is -2.45. The normalized spacial score (nSPS) is 17.2. The molecule has 1 aliphatic carbocycles. The Kier molecular flexibility index (Phi) is 4.69. The Morgan fingerprint density at radius 1 is 0.938 bits per heavy atom. The fourth-order valence-electron chi connectivity index (χ4n) is 5.68. The van der Waals surface area contributed by atoms with Crippen molar-refractivity contribution in [3.05, 3.63) is 89.6 Å². The van der Waals surface area contributed by atoms with Crippen molar-refractivity contribution in [2.75, 3.05) is 25.5 Å². The van der Waals surface area contributed by atoms with Gasteiger partial charge in [0.2, 0.25) is 5.95 Å². The first-order valence-electron chi connectivity index (χ1n) is 11.6. The van der Waals surface area contributed by atoms with E-state index in [-0.39, 0.29) is 5.41 Å². The summed E-state index contributed by atoms with van der Waals surface area (Å²) in [5.74, 6) is 0.694. The molecule has 1 saturated heterocycles. The Labute approximate surface area is 189 Å². The molecule has 6 rings (SSSR count). The van der Waals surface area contributed by atoms with Gasteiger partial charge >= 0.3 is 0 Å². The Balaban J connectivity index is 1.25. The number of aromatic nitrogens is 2. The van der Waals surface area contributed by atoms with Gasteiger partial charge < -0.3 is 5.32 Å². The first-order valence-corrected chi connectivity index (χ1v) is 11.6. The van der Waals surface area contributed by atoms with Crippen molar-refractivity contribution in [3.8, 4) is 11.3 Å². The molecule has 0 unspecified atom stereocenters. The number of nitrogens with zero attached hydrogens (tertiary/aromatic N) is 3. The second-order valence-electron chi connectivity index (χ2n) is 9.28. The summed E-state index contributed by atoms with van der Waals surface area (Å²) in [4.78, 5) is 12.0. The molecule has 3 aromatic carbocycles. The van der Waals surface area contributed by atoms with E-state index in [4.69, 9.17) is 4.98 Å². The van der Waals surface area contributed by atoms with Gasteiger partial charge in [0.1, 0.15) is 0 Å². The molecule has 2 heterocycles. The summed E-state index contributed by atoms with van der Waals surface area (Å²) in [7, 11) is 1.88. The van der Waals surface area contributed by atoms with E-state index in [9.17, 15) is 0 Å². The van der Waals surface area contributed by atoms with E-state index in [1.54, 1.807) is 0 Å². The molecule has 0 amide bonds. The molecule has 4 aromatic rings. The topological polar surface area (TPSA) is 41.1 Å². The summed E-state index contributed by atoms with van der Waals surface area (Å²) in [5.41, 5.74) is 6.74. The lowest BCUT2D eigenvalue weighted by molar-refractivity contribution is 0.150. The number of nitrogens with one attached hydrogen (secondary N) is 1. The van der Waals surface area contributed by atoms with Gasteiger partial charge in [0.15, 0.2) is 0 Å². The van der Waals surface area contributed by atoms with Gasteiger partial charge in [-0.15, -0.1) is 0 Å². The molecule has 32 heavy (non-hydrogen) atoms. The van der Waals surface area contributed by atoms with Crippen molar-refractivity contribution < 1.29 is 0 Å². The van der Waals surface area contributed by atoms with Crippen molar-refractivity contribution in [1.82, 2.24) is 14.9 Å². The molecule has 1 aromatic heterocycles. The molecule has 0 radical (unpaired) electrons. The second kappa shape index (κ2) is 7.72. The first kappa shape index (κ1) is 19.4. The summed E-state index contributed by atoms with van der Waals surface area (Å²) < 4.78 is 0. The molecule has 0 bridgehead atoms. The third kappa shape index (κ3) is 3.26. The first-order chi connectivity index (χ1) is 15.7. The Hall–Kier alpha value is -3.24. The molecule has 2 aliphatic rings. The van der Waals surface area contributed by atoms with Gasteiger partial charge in [0.25, 0.3) is 0 Å². The fourth-order valence-corrected chi connectivity index (χ4v) is 5.68. The maximum absolute atomic E-state index is 4.81. The number of rotatable bonds is 3. The fraction of sp³-hybridized carbons (Fsp3) is 0.286. The van der Waals surface area contributed by atoms with Crippen LogP contribution >= 0.6 is 0 Å². The summed E-state index contributed by atoms with van der Waals surface area (Å²) in [6.45, 7) is 3.26. The maximum Gasteiger partial charge on any atom is 0.222 e. The van der Waals surface area contributed by atoms with E-state index < -0.39 is 0 Å². The SMILES string of the molecule is CNc1ncc2c(n1)-c1ccccc1C1(CCN(Cc3ccc4ccccc4c3)CC1)C2. The van der Waals surface area contributed by atoms with Crippen LogP contribution in [-0.4, -0.2) is 35.0 Å². The highest BCUT2D eigenvalue weighted by molar-refractivity contribution is 5.83. The van der Waals surface area contributed by atoms with Gasteiger partial charge in [-0.2, -0.15) is 0 Å². The third-order valence-corrected chi connectivity index (χ3v) is 7.40. The Morgan fingerprint density at radius 3 is 2.56 bits per heavy atom. The smallest absolute Gasteiger partial charge is 0.222 e. The zero-order valence-corrected chi connectivity index (χ0v) is 18.5. The van der Waals surface area contributed by atoms with Crippen molar-refractivity contribution >= 4 is 16.7 Å². The van der Waals surface area contributed by atoms with Crippen molar-refractivity contribution in [2.45, 2.75) is 31.2 Å². The van der Waals surface area contributed by atoms with Crippen LogP contribution in [0.3, 0.4) is 0 Å². The minimum absolute atomic E-state index is 0.188. The largest absolute Gasteiger partial charge is 0.357 e. The predicted molar refractivity (Wildman–Crippen MR) is 131 cm³/mol. The van der Waals surface area contributed by atoms with Crippen LogP contribution in [-0.2, 0) is 18.4 Å². The lowest BCUT2D eigenvalue weighted by atomic mass is 9.64. The average molecular weight is 421 g/mol. The van der Waals surface area contributed by atoms with Crippen LogP contribution < -0.4 is 5.32 Å². The Bertz CT molecular complexity index is 1290. The summed E-state index contributed by atoms with van der Waals surface area (Å²) in [5, 5.41) is 5.74. The lowest BCUT2D eigenvalue weighted by Crippen LogP contribution is -2.45. The quantitative estimate of drug-likeness (QED) is 0.480. The van der Waals surface area contributed by atoms with E-state index >= 15 is 0 Å². The summed E-state index contributed by atoms with van der Waals surface area (Å²) in [6.07, 6.45) is 5.41. The molecule has 0 saturated carbocycles. The molecular weight excluding hydrogens is 392 g/mol. The second-order valence-corrected chi connectivity index (χ2v) is 9.28. The molecule has 4 heteroatoms. The van der Waals surface area contributed by atoms with Crippen LogP contribution in [0.5, 0.6) is 0 Å². The van der Waals surface area contributed by atoms with E-state index in [1.807, 2.05) is 13.2 Å². The predicted octanol–water partition coefficient (Wildman–Crippen LogP) is 5.43. The molecule has 1 fully saturated rings. The van der Waals surface area contributed by atoms with E-state index in [1.165, 1.54) is 45.9 Å². The molecular formula is C28H28N4. The zero-order chi connectivity index (χ0) is 21.5. The van der Waals surface area contributed by atoms with Gasteiger partial charge in [-0.3, -0.25) is 4.90 Å². The monoisotopic (exact) mass is 420 g/mol. The minimum atomic E-state index is 0.188. The van der Waals surface area contributed by atoms with Gasteiger partial charge in [0, 0.05) is 30.8 Å². The number of piperidine rings is 1. The van der Waals surface area contributed by atoms with Crippen LogP contribution in [0.4, 0.5) is 5.95 Å². The van der Waals surface area contributed by atoms with Crippen LogP contribution in [0.1, 0.15) is 29.5 Å². The molecule has 1 aliphatic heterocycles. The highest BCUT2D eigenvalue weighted by Crippen LogP contribution is 2.48. The van der Waals surface area contributed by atoms with E-state index in [0.717, 1.165) is 31.7 Å². The van der Waals surface area contributed by atoms with Gasteiger partial charge in [-0.1, -0.05) is 60.7 Å².